The van der Waals surface area contributed by atoms with Crippen LogP contribution in [0, 0.1) is 12.8 Å². The summed E-state index contributed by atoms with van der Waals surface area (Å²) in [6.45, 7) is 9.23. The number of benzene rings is 1. The average Bonchev–Trinajstić information content (AvgIpc) is 2.70. The predicted octanol–water partition coefficient (Wildman–Crippen LogP) is 1.92. The molecule has 2 aliphatic rings. The average molecular weight is 373 g/mol. The molecular formula is C21H31N3O3. The summed E-state index contributed by atoms with van der Waals surface area (Å²) in [5.41, 5.74) is 2.08. The van der Waals surface area contributed by atoms with Crippen molar-refractivity contribution in [2.75, 3.05) is 57.4 Å². The largest absolute Gasteiger partial charge is 0.378 e. The molecule has 2 aliphatic heterocycles. The highest BCUT2D eigenvalue weighted by molar-refractivity contribution is 5.95. The van der Waals surface area contributed by atoms with Gasteiger partial charge < -0.3 is 14.5 Å². The van der Waals surface area contributed by atoms with Crippen LogP contribution in [-0.4, -0.2) is 74.1 Å². The van der Waals surface area contributed by atoms with Gasteiger partial charge in [-0.3, -0.25) is 14.5 Å². The molecule has 1 aromatic rings. The number of morpholine rings is 1. The summed E-state index contributed by atoms with van der Waals surface area (Å²) in [7, 11) is 0. The van der Waals surface area contributed by atoms with Crippen molar-refractivity contribution in [2.24, 2.45) is 5.92 Å². The van der Waals surface area contributed by atoms with E-state index in [0.717, 1.165) is 30.6 Å². The van der Waals surface area contributed by atoms with Crippen LogP contribution in [-0.2, 0) is 14.3 Å². The van der Waals surface area contributed by atoms with E-state index < -0.39 is 0 Å². The molecule has 0 spiro atoms. The van der Waals surface area contributed by atoms with E-state index in [1.54, 1.807) is 0 Å². The number of amides is 2. The second kappa shape index (κ2) is 9.33. The standard InChI is InChI=1S/C21H31N3O3/c1-3-24(19-9-5-4-7-17(19)2)20(25)16-22-10-6-8-18(15-22)21(26)23-11-13-27-14-12-23/h4-5,7,9,18H,3,6,8,10-16H2,1-2H3. The maximum Gasteiger partial charge on any atom is 0.241 e. The summed E-state index contributed by atoms with van der Waals surface area (Å²) < 4.78 is 5.35. The van der Waals surface area contributed by atoms with Gasteiger partial charge in [-0.25, -0.2) is 0 Å². The summed E-state index contributed by atoms with van der Waals surface area (Å²) in [5, 5.41) is 0. The Morgan fingerprint density at radius 1 is 1.19 bits per heavy atom. The molecule has 0 N–H and O–H groups in total. The maximum absolute atomic E-state index is 12.9. The molecule has 2 amide bonds. The molecule has 3 rings (SSSR count). The molecule has 148 valence electrons. The Kier molecular flexibility index (Phi) is 6.85. The quantitative estimate of drug-likeness (QED) is 0.791. The molecule has 2 heterocycles. The molecule has 6 heteroatoms. The lowest BCUT2D eigenvalue weighted by Gasteiger charge is -2.36. The smallest absolute Gasteiger partial charge is 0.241 e. The number of hydrogen-bond acceptors (Lipinski definition) is 4. The number of piperidine rings is 1. The van der Waals surface area contributed by atoms with Crippen molar-refractivity contribution in [3.8, 4) is 0 Å². The number of rotatable bonds is 5. The van der Waals surface area contributed by atoms with Crippen LogP contribution in [0.15, 0.2) is 24.3 Å². The van der Waals surface area contributed by atoms with E-state index in [1.807, 2.05) is 47.9 Å². The summed E-state index contributed by atoms with van der Waals surface area (Å²) in [6.07, 6.45) is 1.88. The van der Waals surface area contributed by atoms with Gasteiger partial charge in [0.05, 0.1) is 25.7 Å². The Morgan fingerprint density at radius 2 is 1.93 bits per heavy atom. The lowest BCUT2D eigenvalue weighted by atomic mass is 9.96. The molecule has 0 bridgehead atoms. The topological polar surface area (TPSA) is 53.1 Å². The van der Waals surface area contributed by atoms with Crippen LogP contribution in [0.4, 0.5) is 5.69 Å². The second-order valence-corrected chi connectivity index (χ2v) is 7.44. The van der Waals surface area contributed by atoms with E-state index in [2.05, 4.69) is 4.90 Å². The predicted molar refractivity (Wildman–Crippen MR) is 106 cm³/mol. The Hall–Kier alpha value is -1.92. The molecule has 1 atom stereocenters. The first-order valence-electron chi connectivity index (χ1n) is 10.0. The molecule has 1 unspecified atom stereocenters. The molecular weight excluding hydrogens is 342 g/mol. The van der Waals surface area contributed by atoms with Crippen molar-refractivity contribution < 1.29 is 14.3 Å². The zero-order chi connectivity index (χ0) is 19.2. The van der Waals surface area contributed by atoms with Gasteiger partial charge in [0.2, 0.25) is 11.8 Å². The molecule has 2 saturated heterocycles. The van der Waals surface area contributed by atoms with Crippen LogP contribution < -0.4 is 4.90 Å². The van der Waals surface area contributed by atoms with Crippen LogP contribution in [0.1, 0.15) is 25.3 Å². The summed E-state index contributed by atoms with van der Waals surface area (Å²) in [4.78, 5) is 31.7. The van der Waals surface area contributed by atoms with Gasteiger partial charge >= 0.3 is 0 Å². The van der Waals surface area contributed by atoms with E-state index >= 15 is 0 Å². The lowest BCUT2D eigenvalue weighted by molar-refractivity contribution is -0.142. The highest BCUT2D eigenvalue weighted by Crippen LogP contribution is 2.22. The molecule has 6 nitrogen and oxygen atoms in total. The fourth-order valence-electron chi connectivity index (χ4n) is 4.07. The monoisotopic (exact) mass is 373 g/mol. The van der Waals surface area contributed by atoms with Gasteiger partial charge in [0, 0.05) is 31.9 Å². The molecule has 2 fully saturated rings. The third kappa shape index (κ3) is 4.87. The number of carbonyl (C=O) groups is 2. The van der Waals surface area contributed by atoms with Gasteiger partial charge in [0.15, 0.2) is 0 Å². The zero-order valence-electron chi connectivity index (χ0n) is 16.5. The number of likely N-dealkylation sites (N-methyl/N-ethyl adjacent to an activating group) is 1. The number of para-hydroxylation sites is 1. The Morgan fingerprint density at radius 3 is 2.63 bits per heavy atom. The molecule has 1 aromatic carbocycles. The molecule has 0 radical (unpaired) electrons. The first-order valence-corrected chi connectivity index (χ1v) is 10.0. The van der Waals surface area contributed by atoms with E-state index in [1.165, 1.54) is 0 Å². The minimum atomic E-state index is -0.00168. The van der Waals surface area contributed by atoms with Gasteiger partial charge in [0.25, 0.3) is 0 Å². The Labute approximate surface area is 162 Å². The number of nitrogens with zero attached hydrogens (tertiary/aromatic N) is 3. The molecule has 0 aliphatic carbocycles. The number of aryl methyl sites for hydroxylation is 1. The number of likely N-dealkylation sites (tertiary alicyclic amines) is 1. The van der Waals surface area contributed by atoms with Crippen molar-refractivity contribution in [1.82, 2.24) is 9.80 Å². The van der Waals surface area contributed by atoms with Gasteiger partial charge in [-0.15, -0.1) is 0 Å². The number of carbonyl (C=O) groups excluding carboxylic acids is 2. The van der Waals surface area contributed by atoms with E-state index in [4.69, 9.17) is 4.74 Å². The van der Waals surface area contributed by atoms with Crippen LogP contribution >= 0.6 is 0 Å². The van der Waals surface area contributed by atoms with Gasteiger partial charge in [-0.05, 0) is 44.9 Å². The fraction of sp³-hybridized carbons (Fsp3) is 0.619. The van der Waals surface area contributed by atoms with Gasteiger partial charge in [0.1, 0.15) is 0 Å². The minimum absolute atomic E-state index is 0.00168. The van der Waals surface area contributed by atoms with Crippen LogP contribution in [0.3, 0.4) is 0 Å². The number of hydrogen-bond donors (Lipinski definition) is 0. The third-order valence-corrected chi connectivity index (χ3v) is 5.56. The maximum atomic E-state index is 12.9. The zero-order valence-corrected chi connectivity index (χ0v) is 16.5. The first kappa shape index (κ1) is 19.8. The second-order valence-electron chi connectivity index (χ2n) is 7.44. The first-order chi connectivity index (χ1) is 13.1. The molecule has 27 heavy (non-hydrogen) atoms. The van der Waals surface area contributed by atoms with Crippen molar-refractivity contribution in [1.29, 1.82) is 0 Å². The van der Waals surface area contributed by atoms with Crippen LogP contribution in [0.25, 0.3) is 0 Å². The van der Waals surface area contributed by atoms with Crippen molar-refractivity contribution in [3.63, 3.8) is 0 Å². The van der Waals surface area contributed by atoms with Crippen molar-refractivity contribution in [2.45, 2.75) is 26.7 Å². The van der Waals surface area contributed by atoms with Gasteiger partial charge in [-0.2, -0.15) is 0 Å². The highest BCUT2D eigenvalue weighted by Gasteiger charge is 2.31. The fourth-order valence-corrected chi connectivity index (χ4v) is 4.07. The normalized spacial score (nSPS) is 21.1. The summed E-state index contributed by atoms with van der Waals surface area (Å²) in [5.74, 6) is 0.325. The minimum Gasteiger partial charge on any atom is -0.378 e. The SMILES string of the molecule is CCN(C(=O)CN1CCCC(C(=O)N2CCOCC2)C1)c1ccccc1C. The van der Waals surface area contributed by atoms with Gasteiger partial charge in [-0.1, -0.05) is 18.2 Å². The van der Waals surface area contributed by atoms with Crippen molar-refractivity contribution >= 4 is 17.5 Å². The number of anilines is 1. The third-order valence-electron chi connectivity index (χ3n) is 5.56. The van der Waals surface area contributed by atoms with E-state index in [0.29, 0.717) is 45.9 Å². The Bertz CT molecular complexity index is 658. The van der Waals surface area contributed by atoms with Crippen molar-refractivity contribution in [3.05, 3.63) is 29.8 Å². The van der Waals surface area contributed by atoms with Crippen LogP contribution in [0.2, 0.25) is 0 Å². The van der Waals surface area contributed by atoms with Crippen LogP contribution in [0.5, 0.6) is 0 Å². The summed E-state index contributed by atoms with van der Waals surface area (Å²) in [6, 6.07) is 7.99. The lowest BCUT2D eigenvalue weighted by Crippen LogP contribution is -2.50. The van der Waals surface area contributed by atoms with E-state index in [9.17, 15) is 9.59 Å². The molecule has 0 aromatic heterocycles. The summed E-state index contributed by atoms with van der Waals surface area (Å²) >= 11 is 0. The molecule has 0 saturated carbocycles. The number of ether oxygens (including phenoxy) is 1. The van der Waals surface area contributed by atoms with E-state index in [-0.39, 0.29) is 17.7 Å². The highest BCUT2D eigenvalue weighted by atomic mass is 16.5. The Balaban J connectivity index is 1.60.